The fraction of sp³-hybridized carbons (Fsp3) is 0.588. The summed E-state index contributed by atoms with van der Waals surface area (Å²) in [7, 11) is 0. The molecule has 0 aliphatic carbocycles. The molecule has 2 unspecified atom stereocenters. The van der Waals surface area contributed by atoms with Crippen molar-refractivity contribution in [2.45, 2.75) is 64.1 Å². The van der Waals surface area contributed by atoms with Crippen molar-refractivity contribution in [1.29, 1.82) is 0 Å². The molecule has 0 aromatic carbocycles. The molecule has 2 aromatic heterocycles. The average Bonchev–Trinajstić information content (AvgIpc) is 3.09. The molecule has 2 aliphatic heterocycles. The van der Waals surface area contributed by atoms with Crippen molar-refractivity contribution in [3.63, 3.8) is 0 Å². The lowest BCUT2D eigenvalue weighted by atomic mass is 9.97. The standard InChI is InChI=1S/C17H22FN5/c1-3-15-16(18)17(20-10-19-15)23-12-4-5-13(23)7-14(6-12)22-9-11(2)8-21-22/h8-10,12-14H,3-7H2,1-2H3. The van der Waals surface area contributed by atoms with E-state index in [4.69, 9.17) is 0 Å². The molecule has 2 saturated heterocycles. The number of rotatable bonds is 3. The van der Waals surface area contributed by atoms with Gasteiger partial charge in [0.1, 0.15) is 6.33 Å². The Labute approximate surface area is 135 Å². The zero-order valence-electron chi connectivity index (χ0n) is 13.6. The maximum absolute atomic E-state index is 14.7. The minimum atomic E-state index is -0.236. The number of hydrogen-bond donors (Lipinski definition) is 0. The molecule has 6 heteroatoms. The maximum atomic E-state index is 14.7. The van der Waals surface area contributed by atoms with Crippen molar-refractivity contribution in [1.82, 2.24) is 19.7 Å². The van der Waals surface area contributed by atoms with Gasteiger partial charge in [-0.1, -0.05) is 6.92 Å². The van der Waals surface area contributed by atoms with E-state index in [1.54, 1.807) is 0 Å². The minimum absolute atomic E-state index is 0.236. The third kappa shape index (κ3) is 2.40. The van der Waals surface area contributed by atoms with Crippen molar-refractivity contribution in [2.75, 3.05) is 4.90 Å². The van der Waals surface area contributed by atoms with Gasteiger partial charge < -0.3 is 4.90 Å². The predicted molar refractivity (Wildman–Crippen MR) is 85.9 cm³/mol. The second kappa shape index (κ2) is 5.58. The van der Waals surface area contributed by atoms with Crippen LogP contribution in [0.4, 0.5) is 10.2 Å². The van der Waals surface area contributed by atoms with Crippen LogP contribution in [0.15, 0.2) is 18.7 Å². The van der Waals surface area contributed by atoms with Crippen molar-refractivity contribution in [3.05, 3.63) is 35.8 Å². The van der Waals surface area contributed by atoms with Gasteiger partial charge in [-0.25, -0.2) is 14.4 Å². The molecule has 23 heavy (non-hydrogen) atoms. The van der Waals surface area contributed by atoms with E-state index in [0.29, 0.717) is 36.1 Å². The van der Waals surface area contributed by atoms with Gasteiger partial charge in [0.05, 0.1) is 17.9 Å². The molecule has 0 amide bonds. The third-order valence-electron chi connectivity index (χ3n) is 5.24. The second-order valence-electron chi connectivity index (χ2n) is 6.73. The average molecular weight is 315 g/mol. The van der Waals surface area contributed by atoms with E-state index in [9.17, 15) is 4.39 Å². The highest BCUT2D eigenvalue weighted by molar-refractivity contribution is 5.46. The van der Waals surface area contributed by atoms with Gasteiger partial charge in [0.25, 0.3) is 0 Å². The molecule has 5 nitrogen and oxygen atoms in total. The lowest BCUT2D eigenvalue weighted by Gasteiger charge is -2.40. The number of fused-ring (bicyclic) bond motifs is 2. The molecule has 0 spiro atoms. The van der Waals surface area contributed by atoms with Crippen molar-refractivity contribution in [2.24, 2.45) is 0 Å². The van der Waals surface area contributed by atoms with Gasteiger partial charge in [0.15, 0.2) is 11.6 Å². The van der Waals surface area contributed by atoms with E-state index in [0.717, 1.165) is 25.7 Å². The zero-order valence-corrected chi connectivity index (χ0v) is 13.6. The van der Waals surface area contributed by atoms with Crippen LogP contribution >= 0.6 is 0 Å². The summed E-state index contributed by atoms with van der Waals surface area (Å²) in [6, 6.07) is 1.10. The van der Waals surface area contributed by atoms with Crippen molar-refractivity contribution >= 4 is 5.82 Å². The molecule has 0 saturated carbocycles. The van der Waals surface area contributed by atoms with Crippen LogP contribution < -0.4 is 4.90 Å². The fourth-order valence-electron chi connectivity index (χ4n) is 4.17. The van der Waals surface area contributed by atoms with Crippen LogP contribution in [-0.4, -0.2) is 31.8 Å². The Balaban J connectivity index is 1.62. The minimum Gasteiger partial charge on any atom is -0.348 e. The number of piperidine rings is 1. The molecule has 2 aromatic rings. The van der Waals surface area contributed by atoms with Crippen LogP contribution in [0, 0.1) is 12.7 Å². The van der Waals surface area contributed by atoms with Crippen molar-refractivity contribution < 1.29 is 4.39 Å². The summed E-state index contributed by atoms with van der Waals surface area (Å²) in [5.74, 6) is 0.264. The molecular formula is C17H22FN5. The number of aromatic nitrogens is 4. The lowest BCUT2D eigenvalue weighted by Crippen LogP contribution is -2.44. The molecule has 2 atom stereocenters. The Bertz CT molecular complexity index is 699. The first-order valence-corrected chi connectivity index (χ1v) is 8.45. The molecule has 0 N–H and O–H groups in total. The van der Waals surface area contributed by atoms with Gasteiger partial charge in [-0.2, -0.15) is 5.10 Å². The van der Waals surface area contributed by atoms with Gasteiger partial charge in [0, 0.05) is 18.3 Å². The van der Waals surface area contributed by atoms with Gasteiger partial charge in [0.2, 0.25) is 0 Å². The van der Waals surface area contributed by atoms with Gasteiger partial charge in [-0.3, -0.25) is 4.68 Å². The highest BCUT2D eigenvalue weighted by atomic mass is 19.1. The van der Waals surface area contributed by atoms with Gasteiger partial charge in [-0.05, 0) is 44.6 Å². The summed E-state index contributed by atoms with van der Waals surface area (Å²) < 4.78 is 16.8. The Morgan fingerprint density at radius 2 is 1.91 bits per heavy atom. The summed E-state index contributed by atoms with van der Waals surface area (Å²) in [4.78, 5) is 10.5. The summed E-state index contributed by atoms with van der Waals surface area (Å²) >= 11 is 0. The van der Waals surface area contributed by atoms with E-state index < -0.39 is 0 Å². The Kier molecular flexibility index (Phi) is 3.54. The van der Waals surface area contributed by atoms with E-state index in [1.165, 1.54) is 11.9 Å². The highest BCUT2D eigenvalue weighted by Crippen LogP contribution is 2.43. The Morgan fingerprint density at radius 3 is 2.52 bits per heavy atom. The summed E-state index contributed by atoms with van der Waals surface area (Å²) in [6.07, 6.45) is 10.3. The number of hydrogen-bond acceptors (Lipinski definition) is 4. The first kappa shape index (κ1) is 14.6. The molecule has 0 radical (unpaired) electrons. The molecule has 2 fully saturated rings. The topological polar surface area (TPSA) is 46.8 Å². The number of aryl methyl sites for hydroxylation is 2. The van der Waals surface area contributed by atoms with Gasteiger partial charge >= 0.3 is 0 Å². The molecule has 122 valence electrons. The zero-order chi connectivity index (χ0) is 16.0. The van der Waals surface area contributed by atoms with Crippen LogP contribution in [0.25, 0.3) is 0 Å². The summed E-state index contributed by atoms with van der Waals surface area (Å²) in [5, 5.41) is 4.48. The molecule has 4 rings (SSSR count). The predicted octanol–water partition coefficient (Wildman–Crippen LogP) is 3.06. The normalized spacial score (nSPS) is 26.7. The molecule has 2 bridgehead atoms. The summed E-state index contributed by atoms with van der Waals surface area (Å²) in [6.45, 7) is 3.99. The molecule has 4 heterocycles. The molecular weight excluding hydrogens is 293 g/mol. The van der Waals surface area contributed by atoms with E-state index in [-0.39, 0.29) is 5.82 Å². The molecule has 2 aliphatic rings. The van der Waals surface area contributed by atoms with E-state index >= 15 is 0 Å². The van der Waals surface area contributed by atoms with E-state index in [2.05, 4.69) is 37.8 Å². The monoisotopic (exact) mass is 315 g/mol. The first-order chi connectivity index (χ1) is 11.2. The van der Waals surface area contributed by atoms with Crippen LogP contribution in [0.3, 0.4) is 0 Å². The third-order valence-corrected chi connectivity index (χ3v) is 5.24. The maximum Gasteiger partial charge on any atom is 0.187 e. The lowest BCUT2D eigenvalue weighted by molar-refractivity contribution is 0.311. The number of nitrogens with zero attached hydrogens (tertiary/aromatic N) is 5. The van der Waals surface area contributed by atoms with Crippen molar-refractivity contribution in [3.8, 4) is 0 Å². The van der Waals surface area contributed by atoms with Crippen LogP contribution in [0.2, 0.25) is 0 Å². The fourth-order valence-corrected chi connectivity index (χ4v) is 4.17. The van der Waals surface area contributed by atoms with Gasteiger partial charge in [-0.15, -0.1) is 0 Å². The quantitative estimate of drug-likeness (QED) is 0.873. The second-order valence-corrected chi connectivity index (χ2v) is 6.73. The number of halogens is 1. The Hall–Kier alpha value is -1.98. The Morgan fingerprint density at radius 1 is 1.17 bits per heavy atom. The van der Waals surface area contributed by atoms with E-state index in [1.807, 2.05) is 13.1 Å². The van der Waals surface area contributed by atoms with Crippen LogP contribution in [0.5, 0.6) is 0 Å². The summed E-state index contributed by atoms with van der Waals surface area (Å²) in [5.41, 5.74) is 1.70. The van der Waals surface area contributed by atoms with Crippen LogP contribution in [0.1, 0.15) is 49.9 Å². The largest absolute Gasteiger partial charge is 0.348 e. The SMILES string of the molecule is CCc1ncnc(N2C3CCC2CC(n2cc(C)cn2)C3)c1F. The smallest absolute Gasteiger partial charge is 0.187 e. The first-order valence-electron chi connectivity index (χ1n) is 8.45. The highest BCUT2D eigenvalue weighted by Gasteiger charge is 2.43. The van der Waals surface area contributed by atoms with Crippen LogP contribution in [-0.2, 0) is 6.42 Å². The number of anilines is 1.